The molecule has 1 N–H and O–H groups in total. The lowest BCUT2D eigenvalue weighted by atomic mass is 10.0. The summed E-state index contributed by atoms with van der Waals surface area (Å²) in [5.41, 5.74) is 2.45. The monoisotopic (exact) mass is 458 g/mol. The van der Waals surface area contributed by atoms with Crippen molar-refractivity contribution >= 4 is 34.3 Å². The molecule has 0 radical (unpaired) electrons. The van der Waals surface area contributed by atoms with Crippen LogP contribution in [0.2, 0.25) is 0 Å². The highest BCUT2D eigenvalue weighted by Crippen LogP contribution is 2.29. The Morgan fingerprint density at radius 2 is 1.82 bits per heavy atom. The van der Waals surface area contributed by atoms with E-state index in [2.05, 4.69) is 10.3 Å². The molecule has 4 rings (SSSR count). The molecular formula is C25H22N4O5. The van der Waals surface area contributed by atoms with Gasteiger partial charge in [0.05, 0.1) is 41.4 Å². The first-order valence-electron chi connectivity index (χ1n) is 10.7. The number of nitro benzene ring substituents is 1. The third-order valence-corrected chi connectivity index (χ3v) is 5.36. The van der Waals surface area contributed by atoms with E-state index in [9.17, 15) is 19.7 Å². The van der Waals surface area contributed by atoms with E-state index in [1.807, 2.05) is 34.9 Å². The molecule has 0 spiro atoms. The molecule has 172 valence electrons. The van der Waals surface area contributed by atoms with Crippen LogP contribution in [-0.4, -0.2) is 33.0 Å². The molecule has 0 aliphatic rings. The number of anilines is 1. The maximum Gasteiger partial charge on any atom is 0.308 e. The first kappa shape index (κ1) is 22.7. The summed E-state index contributed by atoms with van der Waals surface area (Å²) in [6.07, 6.45) is 1.79. The number of imidazole rings is 1. The Balaban J connectivity index is 1.64. The molecule has 0 aliphatic heterocycles. The molecule has 1 aromatic heterocycles. The summed E-state index contributed by atoms with van der Waals surface area (Å²) in [4.78, 5) is 40.1. The molecule has 0 aliphatic carbocycles. The minimum absolute atomic E-state index is 0.0308. The fourth-order valence-electron chi connectivity index (χ4n) is 3.81. The number of para-hydroxylation sites is 1. The second-order valence-electron chi connectivity index (χ2n) is 7.52. The van der Waals surface area contributed by atoms with Crippen LogP contribution in [0.1, 0.15) is 35.3 Å². The summed E-state index contributed by atoms with van der Waals surface area (Å²) in [5, 5.41) is 13.9. The van der Waals surface area contributed by atoms with Crippen LogP contribution < -0.4 is 5.32 Å². The van der Waals surface area contributed by atoms with Crippen molar-refractivity contribution in [2.24, 2.45) is 0 Å². The molecular weight excluding hydrogens is 436 g/mol. The SMILES string of the molecule is CCOC(=O)CC(c1ccccc1)n1cnc2cc(NC(=O)c3ccccc3[N+](=O)[O-])ccc21. The number of nitrogens with one attached hydrogen (secondary N) is 1. The van der Waals surface area contributed by atoms with E-state index in [-0.39, 0.29) is 29.7 Å². The lowest BCUT2D eigenvalue weighted by molar-refractivity contribution is -0.385. The maximum atomic E-state index is 12.7. The number of esters is 1. The van der Waals surface area contributed by atoms with Gasteiger partial charge in [-0.3, -0.25) is 19.7 Å². The van der Waals surface area contributed by atoms with Crippen molar-refractivity contribution in [2.75, 3.05) is 11.9 Å². The highest BCUT2D eigenvalue weighted by atomic mass is 16.6. The number of hydrogen-bond acceptors (Lipinski definition) is 6. The molecule has 1 heterocycles. The van der Waals surface area contributed by atoms with Gasteiger partial charge >= 0.3 is 5.97 Å². The Morgan fingerprint density at radius 1 is 1.09 bits per heavy atom. The van der Waals surface area contributed by atoms with E-state index in [1.54, 1.807) is 37.5 Å². The number of carbonyl (C=O) groups is 2. The number of aromatic nitrogens is 2. The highest BCUT2D eigenvalue weighted by molar-refractivity contribution is 6.07. The number of carbonyl (C=O) groups excluding carboxylic acids is 2. The van der Waals surface area contributed by atoms with Crippen LogP contribution in [-0.2, 0) is 9.53 Å². The average molecular weight is 458 g/mol. The summed E-state index contributed by atoms with van der Waals surface area (Å²) in [6, 6.07) is 20.2. The molecule has 0 fully saturated rings. The van der Waals surface area contributed by atoms with E-state index in [0.717, 1.165) is 11.1 Å². The maximum absolute atomic E-state index is 12.7. The Morgan fingerprint density at radius 3 is 2.56 bits per heavy atom. The zero-order chi connectivity index (χ0) is 24.1. The van der Waals surface area contributed by atoms with Gasteiger partial charge in [-0.05, 0) is 36.8 Å². The van der Waals surface area contributed by atoms with Crippen molar-refractivity contribution < 1.29 is 19.2 Å². The smallest absolute Gasteiger partial charge is 0.308 e. The number of hydrogen-bond donors (Lipinski definition) is 1. The van der Waals surface area contributed by atoms with Gasteiger partial charge in [0.15, 0.2) is 0 Å². The minimum atomic E-state index is -0.590. The number of fused-ring (bicyclic) bond motifs is 1. The van der Waals surface area contributed by atoms with Gasteiger partial charge in [0, 0.05) is 11.8 Å². The van der Waals surface area contributed by atoms with Crippen molar-refractivity contribution in [3.63, 3.8) is 0 Å². The lowest BCUT2D eigenvalue weighted by Gasteiger charge is -2.19. The fourth-order valence-corrected chi connectivity index (χ4v) is 3.81. The largest absolute Gasteiger partial charge is 0.466 e. The normalized spacial score (nSPS) is 11.7. The van der Waals surface area contributed by atoms with Crippen molar-refractivity contribution in [1.82, 2.24) is 9.55 Å². The lowest BCUT2D eigenvalue weighted by Crippen LogP contribution is -2.16. The van der Waals surface area contributed by atoms with Crippen LogP contribution in [0.4, 0.5) is 11.4 Å². The predicted molar refractivity (Wildman–Crippen MR) is 127 cm³/mol. The van der Waals surface area contributed by atoms with Gasteiger partial charge < -0.3 is 14.6 Å². The predicted octanol–water partition coefficient (Wildman–Crippen LogP) is 4.74. The van der Waals surface area contributed by atoms with E-state index >= 15 is 0 Å². The standard InChI is InChI=1S/C25H22N4O5/c1-2-34-24(30)15-23(17-8-4-3-5-9-17)28-16-26-20-14-18(12-13-22(20)28)27-25(31)19-10-6-7-11-21(19)29(32)33/h3-14,16,23H,2,15H2,1H3,(H,27,31). The van der Waals surface area contributed by atoms with Gasteiger partial charge in [0.1, 0.15) is 5.56 Å². The average Bonchev–Trinajstić information content (AvgIpc) is 3.26. The van der Waals surface area contributed by atoms with Crippen LogP contribution in [0.25, 0.3) is 11.0 Å². The summed E-state index contributed by atoms with van der Waals surface area (Å²) >= 11 is 0. The second-order valence-corrected chi connectivity index (χ2v) is 7.52. The van der Waals surface area contributed by atoms with Crippen molar-refractivity contribution in [2.45, 2.75) is 19.4 Å². The second kappa shape index (κ2) is 9.95. The Labute approximate surface area is 195 Å². The molecule has 9 nitrogen and oxygen atoms in total. The number of ether oxygens (including phenoxy) is 1. The van der Waals surface area contributed by atoms with Crippen LogP contribution in [0.5, 0.6) is 0 Å². The van der Waals surface area contributed by atoms with Gasteiger partial charge in [-0.15, -0.1) is 0 Å². The van der Waals surface area contributed by atoms with Crippen molar-refractivity contribution in [1.29, 1.82) is 0 Å². The third kappa shape index (κ3) is 4.78. The molecule has 0 saturated heterocycles. The molecule has 1 atom stereocenters. The fraction of sp³-hybridized carbons (Fsp3) is 0.160. The summed E-state index contributed by atoms with van der Waals surface area (Å²) in [5.74, 6) is -0.901. The van der Waals surface area contributed by atoms with Crippen LogP contribution in [0, 0.1) is 10.1 Å². The van der Waals surface area contributed by atoms with E-state index in [0.29, 0.717) is 17.8 Å². The topological polar surface area (TPSA) is 116 Å². The van der Waals surface area contributed by atoms with Gasteiger partial charge in [-0.2, -0.15) is 0 Å². The molecule has 4 aromatic rings. The highest BCUT2D eigenvalue weighted by Gasteiger charge is 2.22. The molecule has 0 saturated carbocycles. The zero-order valence-electron chi connectivity index (χ0n) is 18.4. The number of nitrogens with zero attached hydrogens (tertiary/aromatic N) is 3. The van der Waals surface area contributed by atoms with Gasteiger partial charge in [0.25, 0.3) is 11.6 Å². The molecule has 9 heteroatoms. The number of nitro groups is 1. The number of rotatable bonds is 8. The quantitative estimate of drug-likeness (QED) is 0.232. The number of benzene rings is 3. The summed E-state index contributed by atoms with van der Waals surface area (Å²) < 4.78 is 7.07. The first-order valence-corrected chi connectivity index (χ1v) is 10.7. The molecule has 1 amide bonds. The summed E-state index contributed by atoms with van der Waals surface area (Å²) in [6.45, 7) is 2.07. The van der Waals surface area contributed by atoms with Crippen molar-refractivity contribution in [3.05, 3.63) is 100 Å². The van der Waals surface area contributed by atoms with E-state index < -0.39 is 10.8 Å². The molecule has 1 unspecified atom stereocenters. The number of amides is 1. The van der Waals surface area contributed by atoms with Gasteiger partial charge in [-0.1, -0.05) is 42.5 Å². The van der Waals surface area contributed by atoms with Crippen LogP contribution in [0.15, 0.2) is 79.1 Å². The van der Waals surface area contributed by atoms with Crippen LogP contribution >= 0.6 is 0 Å². The van der Waals surface area contributed by atoms with Gasteiger partial charge in [0.2, 0.25) is 0 Å². The van der Waals surface area contributed by atoms with Gasteiger partial charge in [-0.25, -0.2) is 4.98 Å². The van der Waals surface area contributed by atoms with Crippen LogP contribution in [0.3, 0.4) is 0 Å². The third-order valence-electron chi connectivity index (χ3n) is 5.36. The van der Waals surface area contributed by atoms with E-state index in [4.69, 9.17) is 4.74 Å². The Hall–Kier alpha value is -4.53. The van der Waals surface area contributed by atoms with Crippen molar-refractivity contribution in [3.8, 4) is 0 Å². The summed E-state index contributed by atoms with van der Waals surface area (Å²) in [7, 11) is 0. The Kier molecular flexibility index (Phi) is 6.63. The first-order chi connectivity index (χ1) is 16.5. The zero-order valence-corrected chi connectivity index (χ0v) is 18.4. The molecule has 34 heavy (non-hydrogen) atoms. The van der Waals surface area contributed by atoms with E-state index in [1.165, 1.54) is 18.2 Å². The molecule has 3 aromatic carbocycles. The molecule has 0 bridgehead atoms. The minimum Gasteiger partial charge on any atom is -0.466 e. The Bertz CT molecular complexity index is 1350.